The summed E-state index contributed by atoms with van der Waals surface area (Å²) >= 11 is 0.837. The van der Waals surface area contributed by atoms with E-state index in [4.69, 9.17) is 4.74 Å². The monoisotopic (exact) mass is 364 g/mol. The largest absolute Gasteiger partial charge is 0.381 e. The number of hydrogen-bond donors (Lipinski definition) is 1. The summed E-state index contributed by atoms with van der Waals surface area (Å²) in [7, 11) is 0. The van der Waals surface area contributed by atoms with Crippen molar-refractivity contribution in [1.29, 1.82) is 0 Å². The Labute approximate surface area is 147 Å². The number of benzene rings is 1. The van der Waals surface area contributed by atoms with Crippen molar-refractivity contribution in [2.24, 2.45) is 0 Å². The molecule has 1 fully saturated rings. The highest BCUT2D eigenvalue weighted by atomic mass is 32.1. The van der Waals surface area contributed by atoms with Gasteiger partial charge < -0.3 is 10.1 Å². The van der Waals surface area contributed by atoms with Crippen LogP contribution in [-0.2, 0) is 10.2 Å². The van der Waals surface area contributed by atoms with Crippen molar-refractivity contribution >= 4 is 22.2 Å². The fraction of sp³-hybridized carbons (Fsp3) is 0.353. The Bertz CT molecular complexity index is 786. The number of carbonyl (C=O) groups is 1. The standard InChI is InChI=1S/C17H17FN2O4S/c18-13-3-1-2-12(10-13)17(6-8-24-9-7-17)11-19-16(21)14-4-5-15(25-14)20(22)23/h1-5,10H,6-9,11H2,(H,19,21). The lowest BCUT2D eigenvalue weighted by Crippen LogP contribution is -2.44. The van der Waals surface area contributed by atoms with Crippen molar-refractivity contribution in [1.82, 2.24) is 5.32 Å². The van der Waals surface area contributed by atoms with Gasteiger partial charge in [0, 0.05) is 31.2 Å². The van der Waals surface area contributed by atoms with Gasteiger partial charge in [-0.1, -0.05) is 23.5 Å². The number of carbonyl (C=O) groups excluding carboxylic acids is 1. The van der Waals surface area contributed by atoms with Crippen molar-refractivity contribution in [3.05, 3.63) is 62.8 Å². The lowest BCUT2D eigenvalue weighted by molar-refractivity contribution is -0.380. The number of nitrogens with one attached hydrogen (secondary N) is 1. The molecule has 1 aromatic heterocycles. The lowest BCUT2D eigenvalue weighted by Gasteiger charge is -2.38. The first-order valence-corrected chi connectivity index (χ1v) is 8.68. The molecule has 132 valence electrons. The first-order valence-electron chi connectivity index (χ1n) is 7.86. The van der Waals surface area contributed by atoms with Crippen LogP contribution in [0.15, 0.2) is 36.4 Å². The molecule has 8 heteroatoms. The summed E-state index contributed by atoms with van der Waals surface area (Å²) in [4.78, 5) is 22.8. The smallest absolute Gasteiger partial charge is 0.324 e. The van der Waals surface area contributed by atoms with Crippen molar-refractivity contribution in [3.63, 3.8) is 0 Å². The lowest BCUT2D eigenvalue weighted by atomic mass is 9.74. The minimum atomic E-state index is -0.520. The van der Waals surface area contributed by atoms with E-state index in [1.807, 2.05) is 6.07 Å². The quantitative estimate of drug-likeness (QED) is 0.652. The van der Waals surface area contributed by atoms with Crippen LogP contribution in [-0.4, -0.2) is 30.6 Å². The van der Waals surface area contributed by atoms with E-state index >= 15 is 0 Å². The molecule has 1 aliphatic rings. The van der Waals surface area contributed by atoms with Gasteiger partial charge in [0.25, 0.3) is 5.91 Å². The average molecular weight is 364 g/mol. The number of rotatable bonds is 5. The van der Waals surface area contributed by atoms with Crippen LogP contribution in [0.25, 0.3) is 0 Å². The zero-order valence-corrected chi connectivity index (χ0v) is 14.2. The predicted molar refractivity (Wildman–Crippen MR) is 91.4 cm³/mol. The van der Waals surface area contributed by atoms with Gasteiger partial charge in [0.15, 0.2) is 0 Å². The number of thiophene rings is 1. The van der Waals surface area contributed by atoms with Gasteiger partial charge in [-0.3, -0.25) is 14.9 Å². The molecule has 0 bridgehead atoms. The van der Waals surface area contributed by atoms with Crippen LogP contribution in [0.1, 0.15) is 28.1 Å². The van der Waals surface area contributed by atoms with E-state index in [9.17, 15) is 19.3 Å². The molecule has 0 saturated carbocycles. The number of halogens is 1. The molecule has 0 radical (unpaired) electrons. The molecule has 0 aliphatic carbocycles. The van der Waals surface area contributed by atoms with Gasteiger partial charge in [0.05, 0.1) is 9.80 Å². The molecule has 0 spiro atoms. The van der Waals surface area contributed by atoms with Crippen molar-refractivity contribution in [3.8, 4) is 0 Å². The highest BCUT2D eigenvalue weighted by Crippen LogP contribution is 2.35. The molecule has 1 amide bonds. The van der Waals surface area contributed by atoms with Crippen molar-refractivity contribution in [2.75, 3.05) is 19.8 Å². The molecule has 1 aromatic carbocycles. The number of ether oxygens (including phenoxy) is 1. The Morgan fingerprint density at radius 2 is 2.08 bits per heavy atom. The average Bonchev–Trinajstić information content (AvgIpc) is 3.11. The van der Waals surface area contributed by atoms with E-state index in [-0.39, 0.29) is 21.6 Å². The fourth-order valence-corrected chi connectivity index (χ4v) is 3.77. The molecule has 1 N–H and O–H groups in total. The Morgan fingerprint density at radius 3 is 2.72 bits per heavy atom. The van der Waals surface area contributed by atoms with E-state index in [0.717, 1.165) is 16.9 Å². The summed E-state index contributed by atoms with van der Waals surface area (Å²) in [6, 6.07) is 9.16. The minimum absolute atomic E-state index is 0.0731. The third-order valence-corrected chi connectivity index (χ3v) is 5.51. The number of nitrogens with zero attached hydrogens (tertiary/aromatic N) is 1. The Balaban J connectivity index is 1.76. The van der Waals surface area contributed by atoms with Gasteiger partial charge in [0.1, 0.15) is 5.82 Å². The number of nitro groups is 1. The van der Waals surface area contributed by atoms with E-state index < -0.39 is 10.3 Å². The van der Waals surface area contributed by atoms with Crippen LogP contribution >= 0.6 is 11.3 Å². The van der Waals surface area contributed by atoms with Crippen LogP contribution in [0.3, 0.4) is 0 Å². The summed E-state index contributed by atoms with van der Waals surface area (Å²) in [6.07, 6.45) is 1.34. The molecule has 0 atom stereocenters. The predicted octanol–water partition coefficient (Wildman–Crippen LogP) is 3.27. The molecule has 6 nitrogen and oxygen atoms in total. The second-order valence-corrected chi connectivity index (χ2v) is 7.04. The van der Waals surface area contributed by atoms with E-state index in [1.54, 1.807) is 6.07 Å². The Kier molecular flexibility index (Phi) is 5.10. The van der Waals surface area contributed by atoms with E-state index in [2.05, 4.69) is 5.32 Å². The second kappa shape index (κ2) is 7.28. The van der Waals surface area contributed by atoms with Crippen LogP contribution in [0.4, 0.5) is 9.39 Å². The Morgan fingerprint density at radius 1 is 1.32 bits per heavy atom. The molecule has 0 unspecified atom stereocenters. The molecule has 2 aromatic rings. The maximum Gasteiger partial charge on any atom is 0.324 e. The summed E-state index contributed by atoms with van der Waals surface area (Å²) < 4.78 is 19.1. The summed E-state index contributed by atoms with van der Waals surface area (Å²) in [5.74, 6) is -0.677. The third kappa shape index (κ3) is 3.85. The highest BCUT2D eigenvalue weighted by molar-refractivity contribution is 7.17. The van der Waals surface area contributed by atoms with Crippen molar-refractivity contribution < 1.29 is 18.8 Å². The maximum absolute atomic E-state index is 13.7. The van der Waals surface area contributed by atoms with Gasteiger partial charge in [-0.15, -0.1) is 0 Å². The van der Waals surface area contributed by atoms with Crippen LogP contribution in [0.5, 0.6) is 0 Å². The normalized spacial score (nSPS) is 16.4. The van der Waals surface area contributed by atoms with E-state index in [0.29, 0.717) is 32.6 Å². The summed E-state index contributed by atoms with van der Waals surface area (Å²) in [6.45, 7) is 1.40. The van der Waals surface area contributed by atoms with Crippen molar-refractivity contribution in [2.45, 2.75) is 18.3 Å². The van der Waals surface area contributed by atoms with Gasteiger partial charge in [0.2, 0.25) is 0 Å². The van der Waals surface area contributed by atoms with Gasteiger partial charge >= 0.3 is 5.00 Å². The van der Waals surface area contributed by atoms with Crippen LogP contribution < -0.4 is 5.32 Å². The SMILES string of the molecule is O=C(NCC1(c2cccc(F)c2)CCOCC1)c1ccc([N+](=O)[O-])s1. The first kappa shape index (κ1) is 17.5. The van der Waals surface area contributed by atoms with Crippen LogP contribution in [0, 0.1) is 15.9 Å². The molecule has 1 aliphatic heterocycles. The zero-order chi connectivity index (χ0) is 17.9. The summed E-state index contributed by atoms with van der Waals surface area (Å²) in [5.41, 5.74) is 0.424. The van der Waals surface area contributed by atoms with Gasteiger partial charge in [-0.2, -0.15) is 0 Å². The zero-order valence-electron chi connectivity index (χ0n) is 13.4. The molecule has 2 heterocycles. The number of hydrogen-bond acceptors (Lipinski definition) is 5. The maximum atomic E-state index is 13.7. The minimum Gasteiger partial charge on any atom is -0.381 e. The second-order valence-electron chi connectivity index (χ2n) is 5.98. The number of amides is 1. The first-order chi connectivity index (χ1) is 12.0. The van der Waals surface area contributed by atoms with Gasteiger partial charge in [-0.25, -0.2) is 4.39 Å². The third-order valence-electron chi connectivity index (χ3n) is 4.47. The molecular weight excluding hydrogens is 347 g/mol. The van der Waals surface area contributed by atoms with Gasteiger partial charge in [-0.05, 0) is 36.6 Å². The summed E-state index contributed by atoms with van der Waals surface area (Å²) in [5, 5.41) is 13.5. The molecule has 25 heavy (non-hydrogen) atoms. The topological polar surface area (TPSA) is 81.5 Å². The Hall–Kier alpha value is -2.32. The van der Waals surface area contributed by atoms with E-state index in [1.165, 1.54) is 24.3 Å². The molecule has 1 saturated heterocycles. The molecule has 3 rings (SSSR count). The highest BCUT2D eigenvalue weighted by Gasteiger charge is 2.35. The van der Waals surface area contributed by atoms with Crippen LogP contribution in [0.2, 0.25) is 0 Å². The molecular formula is C17H17FN2O4S. The fourth-order valence-electron chi connectivity index (χ4n) is 3.03.